The molecule has 0 bridgehead atoms. The highest BCUT2D eigenvalue weighted by Gasteiger charge is 2.18. The molecular formula is C14H21N3O4. The van der Waals surface area contributed by atoms with Crippen molar-refractivity contribution in [3.8, 4) is 0 Å². The zero-order valence-corrected chi connectivity index (χ0v) is 12.8. The lowest BCUT2D eigenvalue weighted by atomic mass is 10.1. The van der Waals surface area contributed by atoms with Crippen molar-refractivity contribution in [1.29, 1.82) is 0 Å². The second-order valence-electron chi connectivity index (χ2n) is 5.03. The molecule has 0 aliphatic carbocycles. The third-order valence-corrected chi connectivity index (χ3v) is 2.72. The van der Waals surface area contributed by atoms with E-state index in [4.69, 9.17) is 4.74 Å². The van der Waals surface area contributed by atoms with E-state index in [1.807, 2.05) is 13.8 Å². The van der Waals surface area contributed by atoms with Crippen LogP contribution in [0.15, 0.2) is 18.2 Å². The normalized spacial score (nSPS) is 10.5. The van der Waals surface area contributed by atoms with Crippen LogP contribution in [-0.2, 0) is 4.74 Å². The number of amides is 1. The fourth-order valence-corrected chi connectivity index (χ4v) is 1.70. The summed E-state index contributed by atoms with van der Waals surface area (Å²) < 4.78 is 5.36. The molecule has 0 aromatic heterocycles. The van der Waals surface area contributed by atoms with Gasteiger partial charge in [-0.2, -0.15) is 0 Å². The molecule has 7 heteroatoms. The van der Waals surface area contributed by atoms with E-state index in [-0.39, 0.29) is 23.3 Å². The summed E-state index contributed by atoms with van der Waals surface area (Å²) in [7, 11) is 3.20. The Hall–Kier alpha value is -2.15. The molecule has 0 heterocycles. The fourth-order valence-electron chi connectivity index (χ4n) is 1.70. The SMILES string of the molecule is CC(C)OCCNc1ccc(C(=O)N(C)C)cc1[N+](=O)[O-]. The van der Waals surface area contributed by atoms with Crippen molar-refractivity contribution < 1.29 is 14.5 Å². The van der Waals surface area contributed by atoms with Crippen LogP contribution in [0.4, 0.5) is 11.4 Å². The van der Waals surface area contributed by atoms with Crippen LogP contribution in [-0.4, -0.2) is 49.1 Å². The smallest absolute Gasteiger partial charge is 0.293 e. The van der Waals surface area contributed by atoms with Crippen LogP contribution in [0.5, 0.6) is 0 Å². The molecule has 1 amide bonds. The molecule has 1 aromatic carbocycles. The van der Waals surface area contributed by atoms with Gasteiger partial charge in [0.1, 0.15) is 5.69 Å². The van der Waals surface area contributed by atoms with E-state index < -0.39 is 4.92 Å². The Bertz CT molecular complexity index is 515. The number of nitro benzene ring substituents is 1. The molecular weight excluding hydrogens is 274 g/mol. The number of nitrogens with one attached hydrogen (secondary N) is 1. The van der Waals surface area contributed by atoms with Gasteiger partial charge >= 0.3 is 0 Å². The topological polar surface area (TPSA) is 84.7 Å². The number of carbonyl (C=O) groups excluding carboxylic acids is 1. The van der Waals surface area contributed by atoms with E-state index in [2.05, 4.69) is 5.32 Å². The lowest BCUT2D eigenvalue weighted by Gasteiger charge is -2.12. The number of rotatable bonds is 7. The third kappa shape index (κ3) is 5.03. The summed E-state index contributed by atoms with van der Waals surface area (Å²) in [4.78, 5) is 23.8. The predicted octanol–water partition coefficient (Wildman–Crippen LogP) is 2.13. The molecule has 0 aliphatic rings. The number of hydrogen-bond acceptors (Lipinski definition) is 5. The lowest BCUT2D eigenvalue weighted by Crippen LogP contribution is -2.22. The zero-order valence-electron chi connectivity index (χ0n) is 12.8. The highest BCUT2D eigenvalue weighted by atomic mass is 16.6. The van der Waals surface area contributed by atoms with Gasteiger partial charge in [-0.3, -0.25) is 14.9 Å². The van der Waals surface area contributed by atoms with Crippen LogP contribution in [0, 0.1) is 10.1 Å². The molecule has 7 nitrogen and oxygen atoms in total. The first-order valence-electron chi connectivity index (χ1n) is 6.68. The minimum atomic E-state index is -0.502. The average molecular weight is 295 g/mol. The standard InChI is InChI=1S/C14H21N3O4/c1-10(2)21-8-7-15-12-6-5-11(14(18)16(3)4)9-13(12)17(19)20/h5-6,9-10,15H,7-8H2,1-4H3. The third-order valence-electron chi connectivity index (χ3n) is 2.72. The maximum Gasteiger partial charge on any atom is 0.293 e. The Morgan fingerprint density at radius 3 is 2.62 bits per heavy atom. The van der Waals surface area contributed by atoms with Crippen LogP contribution in [0.2, 0.25) is 0 Å². The number of nitro groups is 1. The first-order valence-corrected chi connectivity index (χ1v) is 6.68. The Kier molecular flexibility index (Phi) is 6.10. The maximum absolute atomic E-state index is 11.8. The van der Waals surface area contributed by atoms with Gasteiger partial charge in [-0.25, -0.2) is 0 Å². The molecule has 1 N–H and O–H groups in total. The summed E-state index contributed by atoms with van der Waals surface area (Å²) in [6.07, 6.45) is 0.113. The molecule has 116 valence electrons. The summed E-state index contributed by atoms with van der Waals surface area (Å²) in [5.41, 5.74) is 0.547. The van der Waals surface area contributed by atoms with E-state index in [0.717, 1.165) is 0 Å². The fraction of sp³-hybridized carbons (Fsp3) is 0.500. The van der Waals surface area contributed by atoms with Gasteiger partial charge in [0.05, 0.1) is 17.6 Å². The van der Waals surface area contributed by atoms with E-state index in [9.17, 15) is 14.9 Å². The van der Waals surface area contributed by atoms with Gasteiger partial charge in [-0.1, -0.05) is 0 Å². The van der Waals surface area contributed by atoms with Crippen molar-refractivity contribution in [2.75, 3.05) is 32.6 Å². The Morgan fingerprint density at radius 1 is 1.43 bits per heavy atom. The molecule has 0 aliphatic heterocycles. The van der Waals surface area contributed by atoms with Gasteiger partial charge in [0.2, 0.25) is 0 Å². The van der Waals surface area contributed by atoms with Gasteiger partial charge in [0.15, 0.2) is 0 Å². The van der Waals surface area contributed by atoms with E-state index in [0.29, 0.717) is 18.8 Å². The molecule has 0 radical (unpaired) electrons. The van der Waals surface area contributed by atoms with Gasteiger partial charge in [0.25, 0.3) is 11.6 Å². The quantitative estimate of drug-likeness (QED) is 0.473. The van der Waals surface area contributed by atoms with Crippen molar-refractivity contribution in [3.63, 3.8) is 0 Å². The number of hydrogen-bond donors (Lipinski definition) is 1. The number of carbonyl (C=O) groups is 1. The molecule has 0 atom stereocenters. The predicted molar refractivity (Wildman–Crippen MR) is 80.7 cm³/mol. The van der Waals surface area contributed by atoms with Gasteiger partial charge < -0.3 is 15.0 Å². The molecule has 0 spiro atoms. The van der Waals surface area contributed by atoms with E-state index in [1.54, 1.807) is 26.2 Å². The molecule has 0 saturated carbocycles. The largest absolute Gasteiger partial charge is 0.377 e. The van der Waals surface area contributed by atoms with Crippen LogP contribution in [0.1, 0.15) is 24.2 Å². The van der Waals surface area contributed by atoms with Crippen molar-refractivity contribution >= 4 is 17.3 Å². The van der Waals surface area contributed by atoms with Gasteiger partial charge in [0, 0.05) is 32.3 Å². The second kappa shape index (κ2) is 7.58. The van der Waals surface area contributed by atoms with Crippen LogP contribution < -0.4 is 5.32 Å². The van der Waals surface area contributed by atoms with Gasteiger partial charge in [-0.05, 0) is 26.0 Å². The zero-order chi connectivity index (χ0) is 16.0. The minimum absolute atomic E-state index is 0.113. The average Bonchev–Trinajstić information content (AvgIpc) is 2.42. The Morgan fingerprint density at radius 2 is 2.10 bits per heavy atom. The van der Waals surface area contributed by atoms with Gasteiger partial charge in [-0.15, -0.1) is 0 Å². The molecule has 0 unspecified atom stereocenters. The van der Waals surface area contributed by atoms with Crippen LogP contribution >= 0.6 is 0 Å². The number of anilines is 1. The second-order valence-corrected chi connectivity index (χ2v) is 5.03. The molecule has 21 heavy (non-hydrogen) atoms. The van der Waals surface area contributed by atoms with Crippen molar-refractivity contribution in [2.24, 2.45) is 0 Å². The maximum atomic E-state index is 11.8. The number of ether oxygens (including phenoxy) is 1. The Labute approximate surface area is 124 Å². The van der Waals surface area contributed by atoms with Crippen molar-refractivity contribution in [2.45, 2.75) is 20.0 Å². The molecule has 0 saturated heterocycles. The first-order chi connectivity index (χ1) is 9.82. The summed E-state index contributed by atoms with van der Waals surface area (Å²) in [6, 6.07) is 4.40. The molecule has 1 aromatic rings. The molecule has 0 fully saturated rings. The monoisotopic (exact) mass is 295 g/mol. The summed E-state index contributed by atoms with van der Waals surface area (Å²) >= 11 is 0. The Balaban J connectivity index is 2.85. The van der Waals surface area contributed by atoms with E-state index in [1.165, 1.54) is 11.0 Å². The minimum Gasteiger partial charge on any atom is -0.377 e. The highest BCUT2D eigenvalue weighted by Crippen LogP contribution is 2.25. The van der Waals surface area contributed by atoms with Crippen LogP contribution in [0.25, 0.3) is 0 Å². The number of nitrogens with zero attached hydrogens (tertiary/aromatic N) is 2. The summed E-state index contributed by atoms with van der Waals surface area (Å²) in [5, 5.41) is 14.1. The summed E-state index contributed by atoms with van der Waals surface area (Å²) in [6.45, 7) is 4.75. The van der Waals surface area contributed by atoms with Crippen molar-refractivity contribution in [3.05, 3.63) is 33.9 Å². The van der Waals surface area contributed by atoms with Crippen LogP contribution in [0.3, 0.4) is 0 Å². The highest BCUT2D eigenvalue weighted by molar-refractivity contribution is 5.95. The van der Waals surface area contributed by atoms with E-state index >= 15 is 0 Å². The van der Waals surface area contributed by atoms with Crippen molar-refractivity contribution in [1.82, 2.24) is 4.90 Å². The molecule has 1 rings (SSSR count). The lowest BCUT2D eigenvalue weighted by molar-refractivity contribution is -0.384. The first kappa shape index (κ1) is 16.9. The number of benzene rings is 1. The summed E-state index contributed by atoms with van der Waals surface area (Å²) in [5.74, 6) is -0.271.